The van der Waals surface area contributed by atoms with Crippen LogP contribution in [0.25, 0.3) is 0 Å². The highest BCUT2D eigenvalue weighted by molar-refractivity contribution is 5.79. The molecular formula is C16H19F3O2. The van der Waals surface area contributed by atoms with Gasteiger partial charge in [0.05, 0.1) is 6.61 Å². The number of hydrogen-bond donors (Lipinski definition) is 0. The molecule has 0 aromatic heterocycles. The third kappa shape index (κ3) is 5.16. The third-order valence-corrected chi connectivity index (χ3v) is 3.76. The summed E-state index contributed by atoms with van der Waals surface area (Å²) in [5.74, 6) is 0.170. The number of carbonyl (C=O) groups is 1. The summed E-state index contributed by atoms with van der Waals surface area (Å²) in [5.41, 5.74) is 2.50. The van der Waals surface area contributed by atoms with Gasteiger partial charge in [0.2, 0.25) is 0 Å². The number of ether oxygens (including phenoxy) is 1. The Balaban J connectivity index is 1.79. The molecule has 1 unspecified atom stereocenters. The summed E-state index contributed by atoms with van der Waals surface area (Å²) in [5, 5.41) is 0. The van der Waals surface area contributed by atoms with E-state index in [0.717, 1.165) is 19.3 Å². The van der Waals surface area contributed by atoms with Crippen LogP contribution in [0.2, 0.25) is 0 Å². The molecule has 0 aliphatic heterocycles. The van der Waals surface area contributed by atoms with E-state index in [1.807, 2.05) is 18.2 Å². The summed E-state index contributed by atoms with van der Waals surface area (Å²) in [7, 11) is 0. The van der Waals surface area contributed by atoms with Gasteiger partial charge in [-0.15, -0.1) is 0 Å². The van der Waals surface area contributed by atoms with Gasteiger partial charge in [0.15, 0.2) is 0 Å². The fraction of sp³-hybridized carbons (Fsp3) is 0.562. The fourth-order valence-corrected chi connectivity index (χ4v) is 2.82. The van der Waals surface area contributed by atoms with Gasteiger partial charge in [0, 0.05) is 12.8 Å². The molecule has 1 aliphatic rings. The van der Waals surface area contributed by atoms with Gasteiger partial charge in [0.1, 0.15) is 12.4 Å². The van der Waals surface area contributed by atoms with Crippen molar-refractivity contribution in [2.45, 2.75) is 44.2 Å². The van der Waals surface area contributed by atoms with Crippen molar-refractivity contribution in [2.75, 3.05) is 13.2 Å². The lowest BCUT2D eigenvalue weighted by Gasteiger charge is -2.24. The zero-order chi connectivity index (χ0) is 15.3. The predicted octanol–water partition coefficient (Wildman–Crippen LogP) is 4.03. The van der Waals surface area contributed by atoms with E-state index < -0.39 is 12.8 Å². The van der Waals surface area contributed by atoms with Crippen LogP contribution in [-0.4, -0.2) is 25.2 Å². The zero-order valence-electron chi connectivity index (χ0n) is 11.8. The maximum atomic E-state index is 11.9. The van der Waals surface area contributed by atoms with Crippen molar-refractivity contribution < 1.29 is 22.7 Å². The Bertz CT molecular complexity index is 483. The monoisotopic (exact) mass is 300 g/mol. The summed E-state index contributed by atoms with van der Waals surface area (Å²) >= 11 is 0. The minimum atomic E-state index is -4.33. The maximum absolute atomic E-state index is 11.9. The van der Waals surface area contributed by atoms with Crippen LogP contribution in [0.15, 0.2) is 24.3 Å². The molecule has 2 nitrogen and oxygen atoms in total. The van der Waals surface area contributed by atoms with Gasteiger partial charge in [0.25, 0.3) is 0 Å². The highest BCUT2D eigenvalue weighted by Crippen LogP contribution is 2.34. The molecule has 0 saturated heterocycles. The highest BCUT2D eigenvalue weighted by atomic mass is 19.4. The van der Waals surface area contributed by atoms with Crippen LogP contribution in [-0.2, 0) is 16.0 Å². The van der Waals surface area contributed by atoms with Gasteiger partial charge in [-0.1, -0.05) is 24.3 Å². The Morgan fingerprint density at radius 3 is 2.81 bits per heavy atom. The second kappa shape index (κ2) is 7.07. The summed E-state index contributed by atoms with van der Waals surface area (Å²) in [6.07, 6.45) is -0.826. The summed E-state index contributed by atoms with van der Waals surface area (Å²) in [6.45, 7) is -1.45. The van der Waals surface area contributed by atoms with E-state index in [1.165, 1.54) is 11.1 Å². The molecule has 0 saturated carbocycles. The molecule has 0 spiro atoms. The highest BCUT2D eigenvalue weighted by Gasteiger charge is 2.27. The quantitative estimate of drug-likeness (QED) is 0.741. The number of Topliss-reactive ketones (excluding diaryl/α,β-unsaturated/α-hetero) is 1. The first kappa shape index (κ1) is 16.0. The van der Waals surface area contributed by atoms with Gasteiger partial charge in [-0.3, -0.25) is 4.79 Å². The van der Waals surface area contributed by atoms with Crippen molar-refractivity contribution in [3.05, 3.63) is 35.4 Å². The molecular weight excluding hydrogens is 281 g/mol. The molecule has 1 atom stereocenters. The first-order valence-corrected chi connectivity index (χ1v) is 7.20. The molecule has 0 N–H and O–H groups in total. The van der Waals surface area contributed by atoms with Crippen LogP contribution >= 0.6 is 0 Å². The lowest BCUT2D eigenvalue weighted by atomic mass is 9.80. The van der Waals surface area contributed by atoms with Crippen LogP contribution < -0.4 is 0 Å². The van der Waals surface area contributed by atoms with E-state index >= 15 is 0 Å². The van der Waals surface area contributed by atoms with Crippen molar-refractivity contribution in [2.24, 2.45) is 0 Å². The predicted molar refractivity (Wildman–Crippen MR) is 73.2 cm³/mol. The van der Waals surface area contributed by atoms with E-state index in [1.54, 1.807) is 0 Å². The average molecular weight is 300 g/mol. The number of rotatable bonds is 6. The van der Waals surface area contributed by atoms with Crippen LogP contribution in [0.3, 0.4) is 0 Å². The Labute approximate surface area is 122 Å². The van der Waals surface area contributed by atoms with Crippen molar-refractivity contribution in [3.63, 3.8) is 0 Å². The second-order valence-electron chi connectivity index (χ2n) is 5.45. The molecule has 1 aromatic rings. The maximum Gasteiger partial charge on any atom is 0.411 e. The Morgan fingerprint density at radius 2 is 2.05 bits per heavy atom. The molecule has 0 bridgehead atoms. The molecule has 0 fully saturated rings. The first-order valence-electron chi connectivity index (χ1n) is 7.20. The lowest BCUT2D eigenvalue weighted by Crippen LogP contribution is -2.19. The minimum Gasteiger partial charge on any atom is -0.372 e. The molecule has 2 rings (SSSR count). The number of halogens is 3. The number of benzene rings is 1. The number of hydrogen-bond acceptors (Lipinski definition) is 2. The van der Waals surface area contributed by atoms with Crippen molar-refractivity contribution in [3.8, 4) is 0 Å². The number of carbonyl (C=O) groups excluding carboxylic acids is 1. The van der Waals surface area contributed by atoms with Crippen LogP contribution in [0, 0.1) is 0 Å². The lowest BCUT2D eigenvalue weighted by molar-refractivity contribution is -0.174. The Morgan fingerprint density at radius 1 is 1.29 bits per heavy atom. The molecule has 0 amide bonds. The van der Waals surface area contributed by atoms with Crippen molar-refractivity contribution >= 4 is 5.78 Å². The number of ketones is 1. The molecule has 0 heterocycles. The van der Waals surface area contributed by atoms with Gasteiger partial charge < -0.3 is 4.74 Å². The second-order valence-corrected chi connectivity index (χ2v) is 5.45. The third-order valence-electron chi connectivity index (χ3n) is 3.76. The van der Waals surface area contributed by atoms with Crippen molar-refractivity contribution in [1.82, 2.24) is 0 Å². The van der Waals surface area contributed by atoms with E-state index in [0.29, 0.717) is 6.42 Å². The SMILES string of the molecule is O=C(CCOCC(F)(F)F)CC1CCCc2ccccc21. The Hall–Kier alpha value is -1.36. The van der Waals surface area contributed by atoms with Gasteiger partial charge in [-0.2, -0.15) is 13.2 Å². The first-order chi connectivity index (χ1) is 9.96. The Kier molecular flexibility index (Phi) is 5.39. The van der Waals surface area contributed by atoms with E-state index in [2.05, 4.69) is 10.8 Å². The summed E-state index contributed by atoms with van der Waals surface area (Å²) in [6, 6.07) is 8.09. The largest absolute Gasteiger partial charge is 0.411 e. The minimum absolute atomic E-state index is 0.0288. The smallest absolute Gasteiger partial charge is 0.372 e. The number of alkyl halides is 3. The fourth-order valence-electron chi connectivity index (χ4n) is 2.82. The normalized spacial score (nSPS) is 18.3. The zero-order valence-corrected chi connectivity index (χ0v) is 11.8. The van der Waals surface area contributed by atoms with Gasteiger partial charge in [-0.25, -0.2) is 0 Å². The van der Waals surface area contributed by atoms with Crippen LogP contribution in [0.5, 0.6) is 0 Å². The van der Waals surface area contributed by atoms with Crippen LogP contribution in [0.4, 0.5) is 13.2 Å². The van der Waals surface area contributed by atoms with Gasteiger partial charge >= 0.3 is 6.18 Å². The van der Waals surface area contributed by atoms with Crippen LogP contribution in [0.1, 0.15) is 42.7 Å². The van der Waals surface area contributed by atoms with Crippen molar-refractivity contribution in [1.29, 1.82) is 0 Å². The topological polar surface area (TPSA) is 26.3 Å². The standard InChI is InChI=1S/C16H19F3O2/c17-16(18,19)11-21-9-8-14(20)10-13-6-3-5-12-4-1-2-7-15(12)13/h1-2,4,7,13H,3,5-6,8-11H2. The number of fused-ring (bicyclic) bond motifs is 1. The molecule has 0 radical (unpaired) electrons. The number of aryl methyl sites for hydroxylation is 1. The van der Waals surface area contributed by atoms with E-state index in [9.17, 15) is 18.0 Å². The molecule has 116 valence electrons. The summed E-state index contributed by atoms with van der Waals surface area (Å²) < 4.78 is 40.2. The van der Waals surface area contributed by atoms with Gasteiger partial charge in [-0.05, 0) is 36.3 Å². The van der Waals surface area contributed by atoms with E-state index in [-0.39, 0.29) is 24.7 Å². The molecule has 21 heavy (non-hydrogen) atoms. The molecule has 5 heteroatoms. The van der Waals surface area contributed by atoms with E-state index in [4.69, 9.17) is 0 Å². The molecule has 1 aliphatic carbocycles. The summed E-state index contributed by atoms with van der Waals surface area (Å²) in [4.78, 5) is 11.9. The molecule has 1 aromatic carbocycles. The average Bonchev–Trinajstić information content (AvgIpc) is 2.43.